The number of alkyl halides is 1. The molecule has 0 bridgehead atoms. The van der Waals surface area contributed by atoms with Crippen molar-refractivity contribution in [2.45, 2.75) is 11.8 Å². The first-order valence-electron chi connectivity index (χ1n) is 5.49. The predicted octanol–water partition coefficient (Wildman–Crippen LogP) is 1.71. The topological polar surface area (TPSA) is 68.0 Å². The van der Waals surface area contributed by atoms with Crippen molar-refractivity contribution < 1.29 is 9.32 Å². The van der Waals surface area contributed by atoms with Gasteiger partial charge in [0.2, 0.25) is 12.3 Å². The summed E-state index contributed by atoms with van der Waals surface area (Å²) in [4.78, 5) is 15.6. The fraction of sp³-hybridized carbons (Fsp3) is 0.250. The van der Waals surface area contributed by atoms with Crippen LogP contribution in [-0.2, 0) is 11.2 Å². The van der Waals surface area contributed by atoms with Gasteiger partial charge in [-0.3, -0.25) is 4.79 Å². The first-order chi connectivity index (χ1) is 8.77. The summed E-state index contributed by atoms with van der Waals surface area (Å²) in [6.07, 6.45) is 1.77. The maximum Gasteiger partial charge on any atom is 0.242 e. The number of hydrogen-bond acceptors (Lipinski definition) is 4. The maximum atomic E-state index is 11.8. The van der Waals surface area contributed by atoms with Crippen LogP contribution in [0.3, 0.4) is 0 Å². The molecule has 5 nitrogen and oxygen atoms in total. The van der Waals surface area contributed by atoms with E-state index in [0.29, 0.717) is 18.8 Å². The van der Waals surface area contributed by atoms with Gasteiger partial charge in [-0.15, -0.1) is 11.6 Å². The third kappa shape index (κ3) is 3.30. The summed E-state index contributed by atoms with van der Waals surface area (Å²) < 4.78 is 4.59. The smallest absolute Gasteiger partial charge is 0.242 e. The second-order valence-electron chi connectivity index (χ2n) is 3.66. The highest BCUT2D eigenvalue weighted by molar-refractivity contribution is 6.30. The molecule has 1 amide bonds. The number of hydrogen-bond donors (Lipinski definition) is 1. The lowest BCUT2D eigenvalue weighted by atomic mass is 10.1. The van der Waals surface area contributed by atoms with E-state index >= 15 is 0 Å². The summed E-state index contributed by atoms with van der Waals surface area (Å²) in [5.41, 5.74) is 0.774. The fourth-order valence-electron chi connectivity index (χ4n) is 1.46. The molecule has 0 spiro atoms. The predicted molar refractivity (Wildman–Crippen MR) is 66.0 cm³/mol. The normalized spacial score (nSPS) is 12.1. The van der Waals surface area contributed by atoms with E-state index < -0.39 is 5.38 Å². The van der Waals surface area contributed by atoms with Crippen LogP contribution >= 0.6 is 11.6 Å². The molecule has 1 aromatic heterocycles. The number of halogens is 1. The van der Waals surface area contributed by atoms with Crippen molar-refractivity contribution >= 4 is 17.5 Å². The van der Waals surface area contributed by atoms with E-state index in [0.717, 1.165) is 5.56 Å². The lowest BCUT2D eigenvalue weighted by Gasteiger charge is -2.09. The number of nitrogens with zero attached hydrogens (tertiary/aromatic N) is 2. The Morgan fingerprint density at radius 3 is 2.83 bits per heavy atom. The van der Waals surface area contributed by atoms with Gasteiger partial charge in [0.1, 0.15) is 5.38 Å². The number of carbonyl (C=O) groups excluding carboxylic acids is 1. The van der Waals surface area contributed by atoms with Crippen LogP contribution in [0.5, 0.6) is 0 Å². The molecule has 0 aliphatic rings. The molecule has 0 aliphatic heterocycles. The molecule has 0 radical (unpaired) electrons. The van der Waals surface area contributed by atoms with Crippen LogP contribution in [0, 0.1) is 0 Å². The van der Waals surface area contributed by atoms with E-state index in [4.69, 9.17) is 11.6 Å². The highest BCUT2D eigenvalue weighted by atomic mass is 35.5. The number of carbonyl (C=O) groups is 1. The van der Waals surface area contributed by atoms with Gasteiger partial charge in [0.15, 0.2) is 5.82 Å². The van der Waals surface area contributed by atoms with Crippen molar-refractivity contribution in [2.75, 3.05) is 6.54 Å². The van der Waals surface area contributed by atoms with Crippen molar-refractivity contribution in [1.82, 2.24) is 15.5 Å². The minimum atomic E-state index is -0.684. The molecule has 1 atom stereocenters. The molecule has 0 fully saturated rings. The van der Waals surface area contributed by atoms with Gasteiger partial charge in [0.25, 0.3) is 0 Å². The standard InChI is InChI=1S/C12H12ClN3O2/c13-11(9-4-2-1-3-5-9)12(17)14-7-6-10-15-8-18-16-10/h1-5,8,11H,6-7H2,(H,14,17). The molecular formula is C12H12ClN3O2. The van der Waals surface area contributed by atoms with Crippen LogP contribution in [0.4, 0.5) is 0 Å². The molecule has 6 heteroatoms. The molecule has 18 heavy (non-hydrogen) atoms. The minimum absolute atomic E-state index is 0.230. The van der Waals surface area contributed by atoms with Gasteiger partial charge >= 0.3 is 0 Å². The van der Waals surface area contributed by atoms with E-state index in [-0.39, 0.29) is 5.91 Å². The maximum absolute atomic E-state index is 11.8. The van der Waals surface area contributed by atoms with Crippen molar-refractivity contribution in [3.63, 3.8) is 0 Å². The molecule has 0 aliphatic carbocycles. The molecule has 1 heterocycles. The van der Waals surface area contributed by atoms with Gasteiger partial charge in [0.05, 0.1) is 0 Å². The Balaban J connectivity index is 1.81. The zero-order valence-corrected chi connectivity index (χ0v) is 10.3. The lowest BCUT2D eigenvalue weighted by molar-refractivity contribution is -0.120. The van der Waals surface area contributed by atoms with E-state index in [1.807, 2.05) is 30.3 Å². The Bertz CT molecular complexity index is 487. The Morgan fingerprint density at radius 1 is 1.39 bits per heavy atom. The van der Waals surface area contributed by atoms with Gasteiger partial charge < -0.3 is 9.84 Å². The average molecular weight is 266 g/mol. The largest absolute Gasteiger partial charge is 0.354 e. The number of aromatic nitrogens is 2. The second kappa shape index (κ2) is 6.16. The van der Waals surface area contributed by atoms with Crippen LogP contribution < -0.4 is 5.32 Å². The van der Waals surface area contributed by atoms with E-state index in [1.165, 1.54) is 6.39 Å². The molecule has 1 N–H and O–H groups in total. The zero-order chi connectivity index (χ0) is 12.8. The molecule has 2 aromatic rings. The molecule has 1 unspecified atom stereocenters. The third-order valence-corrected chi connectivity index (χ3v) is 2.83. The van der Waals surface area contributed by atoms with Gasteiger partial charge in [0, 0.05) is 13.0 Å². The summed E-state index contributed by atoms with van der Waals surface area (Å²) >= 11 is 6.06. The van der Waals surface area contributed by atoms with Gasteiger partial charge in [-0.2, -0.15) is 4.98 Å². The van der Waals surface area contributed by atoms with E-state index in [9.17, 15) is 4.79 Å². The highest BCUT2D eigenvalue weighted by Crippen LogP contribution is 2.19. The van der Waals surface area contributed by atoms with Gasteiger partial charge in [-0.25, -0.2) is 0 Å². The Morgan fingerprint density at radius 2 is 2.17 bits per heavy atom. The molecule has 0 saturated heterocycles. The number of amides is 1. The molecule has 2 rings (SSSR count). The Labute approximate surface area is 109 Å². The van der Waals surface area contributed by atoms with Crippen LogP contribution in [-0.4, -0.2) is 22.6 Å². The monoisotopic (exact) mass is 265 g/mol. The van der Waals surface area contributed by atoms with E-state index in [1.54, 1.807) is 0 Å². The summed E-state index contributed by atoms with van der Waals surface area (Å²) in [5.74, 6) is 0.326. The summed E-state index contributed by atoms with van der Waals surface area (Å²) in [6, 6.07) is 9.20. The fourth-order valence-corrected chi connectivity index (χ4v) is 1.69. The summed E-state index contributed by atoms with van der Waals surface area (Å²) in [7, 11) is 0. The third-order valence-electron chi connectivity index (χ3n) is 2.38. The molecular weight excluding hydrogens is 254 g/mol. The lowest BCUT2D eigenvalue weighted by Crippen LogP contribution is -2.29. The Hall–Kier alpha value is -1.88. The average Bonchev–Trinajstić information content (AvgIpc) is 2.92. The van der Waals surface area contributed by atoms with Crippen LogP contribution in [0.2, 0.25) is 0 Å². The number of nitrogens with one attached hydrogen (secondary N) is 1. The zero-order valence-electron chi connectivity index (χ0n) is 9.54. The van der Waals surface area contributed by atoms with Crippen molar-refractivity contribution in [1.29, 1.82) is 0 Å². The van der Waals surface area contributed by atoms with Crippen molar-refractivity contribution in [3.8, 4) is 0 Å². The van der Waals surface area contributed by atoms with Crippen LogP contribution in [0.25, 0.3) is 0 Å². The van der Waals surface area contributed by atoms with Crippen molar-refractivity contribution in [3.05, 3.63) is 48.1 Å². The molecule has 0 saturated carbocycles. The van der Waals surface area contributed by atoms with Crippen LogP contribution in [0.15, 0.2) is 41.2 Å². The first-order valence-corrected chi connectivity index (χ1v) is 5.93. The number of rotatable bonds is 5. The summed E-state index contributed by atoms with van der Waals surface area (Å²) in [5, 5.41) is 5.69. The highest BCUT2D eigenvalue weighted by Gasteiger charge is 2.16. The second-order valence-corrected chi connectivity index (χ2v) is 4.10. The van der Waals surface area contributed by atoms with E-state index in [2.05, 4.69) is 20.0 Å². The number of benzene rings is 1. The van der Waals surface area contributed by atoms with Gasteiger partial charge in [-0.1, -0.05) is 35.5 Å². The van der Waals surface area contributed by atoms with Crippen molar-refractivity contribution in [2.24, 2.45) is 0 Å². The van der Waals surface area contributed by atoms with Gasteiger partial charge in [-0.05, 0) is 5.56 Å². The summed E-state index contributed by atoms with van der Waals surface area (Å²) in [6.45, 7) is 0.425. The van der Waals surface area contributed by atoms with Crippen LogP contribution in [0.1, 0.15) is 16.8 Å². The Kier molecular flexibility index (Phi) is 4.30. The first kappa shape index (κ1) is 12.6. The SMILES string of the molecule is O=C(NCCc1ncon1)C(Cl)c1ccccc1. The molecule has 94 valence electrons. The minimum Gasteiger partial charge on any atom is -0.354 e. The molecule has 1 aromatic carbocycles. The quantitative estimate of drug-likeness (QED) is 0.836.